The Morgan fingerprint density at radius 3 is 2.96 bits per heavy atom. The maximum Gasteiger partial charge on any atom is 0.297 e. The number of benzene rings is 1. The summed E-state index contributed by atoms with van der Waals surface area (Å²) in [6.07, 6.45) is 3.30. The molecule has 4 N–H and O–H groups in total. The van der Waals surface area contributed by atoms with E-state index in [4.69, 9.17) is 9.94 Å². The van der Waals surface area contributed by atoms with Crippen molar-refractivity contribution >= 4 is 22.9 Å². The Kier molecular flexibility index (Phi) is 5.60. The number of aryl methyl sites for hydroxylation is 1. The van der Waals surface area contributed by atoms with E-state index in [1.807, 2.05) is 0 Å². The van der Waals surface area contributed by atoms with Gasteiger partial charge in [-0.15, -0.1) is 0 Å². The van der Waals surface area contributed by atoms with Crippen molar-refractivity contribution in [3.05, 3.63) is 54.0 Å². The van der Waals surface area contributed by atoms with E-state index in [-0.39, 0.29) is 23.8 Å². The molecule has 27 heavy (non-hydrogen) atoms. The summed E-state index contributed by atoms with van der Waals surface area (Å²) < 4.78 is 15.8. The lowest BCUT2D eigenvalue weighted by molar-refractivity contribution is -0.0296. The molecule has 10 heteroatoms. The third-order valence-electron chi connectivity index (χ3n) is 3.70. The third kappa shape index (κ3) is 4.19. The van der Waals surface area contributed by atoms with Crippen LogP contribution in [0.2, 0.25) is 0 Å². The highest BCUT2D eigenvalue weighted by molar-refractivity contribution is 5.97. The van der Waals surface area contributed by atoms with Crippen molar-refractivity contribution in [3.63, 3.8) is 0 Å². The molecular weight excluding hydrogens is 357 g/mol. The second-order valence-corrected chi connectivity index (χ2v) is 5.83. The van der Waals surface area contributed by atoms with Gasteiger partial charge in [0.1, 0.15) is 30.7 Å². The van der Waals surface area contributed by atoms with Gasteiger partial charge in [-0.2, -0.15) is 0 Å². The number of fused-ring (bicyclic) bond motifs is 1. The molecule has 9 nitrogen and oxygen atoms in total. The molecule has 3 rings (SSSR count). The second-order valence-electron chi connectivity index (χ2n) is 5.83. The first-order valence-corrected chi connectivity index (χ1v) is 8.05. The van der Waals surface area contributed by atoms with Crippen LogP contribution >= 0.6 is 0 Å². The largest absolute Gasteiger partial charge is 0.394 e. The van der Waals surface area contributed by atoms with Gasteiger partial charge in [0, 0.05) is 0 Å². The summed E-state index contributed by atoms with van der Waals surface area (Å²) in [7, 11) is 0. The molecular formula is C17H18FN5O4. The van der Waals surface area contributed by atoms with Crippen molar-refractivity contribution in [1.29, 1.82) is 0 Å². The normalized spacial score (nSPS) is 12.1. The number of aliphatic hydroxyl groups excluding tert-OH is 2. The quantitative estimate of drug-likeness (QED) is 0.454. The summed E-state index contributed by atoms with van der Waals surface area (Å²) in [5.41, 5.74) is 3.57. The molecule has 1 amide bonds. The van der Waals surface area contributed by atoms with Crippen LogP contribution in [0.1, 0.15) is 16.1 Å². The standard InChI is InChI=1S/C17H18FN5O4/c1-10-2-3-14(13(18)4-10)21-16-15(17(26)22-27-8-12(25)7-24)20-6-11-5-19-9-23(11)16/h2-6,9,12,21,24-25H,7-8H2,1H3,(H,22,26). The lowest BCUT2D eigenvalue weighted by Crippen LogP contribution is -2.31. The van der Waals surface area contributed by atoms with Gasteiger partial charge in [0.2, 0.25) is 0 Å². The predicted octanol–water partition coefficient (Wildman–Crippen LogP) is 0.935. The van der Waals surface area contributed by atoms with Crippen molar-refractivity contribution in [2.75, 3.05) is 18.5 Å². The number of nitrogens with zero attached hydrogens (tertiary/aromatic N) is 3. The van der Waals surface area contributed by atoms with Crippen LogP contribution < -0.4 is 10.8 Å². The minimum atomic E-state index is -1.13. The minimum Gasteiger partial charge on any atom is -0.394 e. The highest BCUT2D eigenvalue weighted by atomic mass is 19.1. The Labute approximate surface area is 153 Å². The number of hydrogen-bond donors (Lipinski definition) is 4. The molecule has 0 aliphatic rings. The number of aromatic nitrogens is 3. The number of rotatable bonds is 7. The Morgan fingerprint density at radius 1 is 1.41 bits per heavy atom. The maximum absolute atomic E-state index is 14.2. The van der Waals surface area contributed by atoms with E-state index in [9.17, 15) is 14.3 Å². The summed E-state index contributed by atoms with van der Waals surface area (Å²) in [4.78, 5) is 25.4. The summed E-state index contributed by atoms with van der Waals surface area (Å²) in [6, 6.07) is 4.64. The van der Waals surface area contributed by atoms with E-state index in [1.165, 1.54) is 18.6 Å². The Balaban J connectivity index is 1.91. The van der Waals surface area contributed by atoms with Crippen molar-refractivity contribution in [2.45, 2.75) is 13.0 Å². The number of imidazole rings is 1. The SMILES string of the molecule is Cc1ccc(Nc2c(C(=O)NOCC(O)CO)ncc3cncn23)c(F)c1. The van der Waals surface area contributed by atoms with Gasteiger partial charge in [0.05, 0.1) is 30.2 Å². The first-order chi connectivity index (χ1) is 13.0. The van der Waals surface area contributed by atoms with Crippen molar-refractivity contribution in [3.8, 4) is 0 Å². The van der Waals surface area contributed by atoms with Crippen LogP contribution in [0, 0.1) is 12.7 Å². The van der Waals surface area contributed by atoms with Crippen LogP contribution in [0.15, 0.2) is 36.9 Å². The fourth-order valence-electron chi connectivity index (χ4n) is 2.33. The molecule has 142 valence electrons. The van der Waals surface area contributed by atoms with E-state index in [0.29, 0.717) is 5.52 Å². The highest BCUT2D eigenvalue weighted by Gasteiger charge is 2.19. The molecule has 1 unspecified atom stereocenters. The zero-order valence-electron chi connectivity index (χ0n) is 14.4. The van der Waals surface area contributed by atoms with Crippen LogP contribution in [0.25, 0.3) is 5.52 Å². The van der Waals surface area contributed by atoms with Gasteiger partial charge < -0.3 is 15.5 Å². The fraction of sp³-hybridized carbons (Fsp3) is 0.235. The Morgan fingerprint density at radius 2 is 2.22 bits per heavy atom. The van der Waals surface area contributed by atoms with Gasteiger partial charge >= 0.3 is 0 Å². The van der Waals surface area contributed by atoms with E-state index < -0.39 is 24.4 Å². The summed E-state index contributed by atoms with van der Waals surface area (Å²) in [6.45, 7) is 0.960. The smallest absolute Gasteiger partial charge is 0.297 e. The number of amides is 1. The number of halogens is 1. The van der Waals surface area contributed by atoms with Crippen molar-refractivity contribution < 1.29 is 24.2 Å². The highest BCUT2D eigenvalue weighted by Crippen LogP contribution is 2.24. The van der Waals surface area contributed by atoms with Gasteiger partial charge in [-0.1, -0.05) is 6.07 Å². The molecule has 0 saturated heterocycles. The lowest BCUT2D eigenvalue weighted by Gasteiger charge is -2.14. The van der Waals surface area contributed by atoms with E-state index in [1.54, 1.807) is 29.7 Å². The van der Waals surface area contributed by atoms with Gasteiger partial charge in [-0.3, -0.25) is 14.0 Å². The molecule has 0 fully saturated rings. The number of anilines is 2. The number of carbonyl (C=O) groups excluding carboxylic acids is 1. The summed E-state index contributed by atoms with van der Waals surface area (Å²) in [5.74, 6) is -1.01. The molecule has 0 saturated carbocycles. The molecule has 1 atom stereocenters. The van der Waals surface area contributed by atoms with E-state index in [2.05, 4.69) is 20.8 Å². The Bertz CT molecular complexity index is 962. The maximum atomic E-state index is 14.2. The summed E-state index contributed by atoms with van der Waals surface area (Å²) in [5, 5.41) is 20.9. The van der Waals surface area contributed by atoms with Gasteiger partial charge in [0.25, 0.3) is 5.91 Å². The van der Waals surface area contributed by atoms with Crippen molar-refractivity contribution in [2.24, 2.45) is 0 Å². The van der Waals surface area contributed by atoms with Crippen LogP contribution in [0.4, 0.5) is 15.9 Å². The van der Waals surface area contributed by atoms with Gasteiger partial charge in [-0.25, -0.2) is 19.8 Å². The second kappa shape index (κ2) is 8.08. The molecule has 1 aromatic carbocycles. The first-order valence-electron chi connectivity index (χ1n) is 8.05. The number of aliphatic hydroxyl groups is 2. The molecule has 0 aliphatic heterocycles. The molecule has 0 bridgehead atoms. The Hall–Kier alpha value is -3.08. The van der Waals surface area contributed by atoms with Gasteiger partial charge in [-0.05, 0) is 24.6 Å². The number of carbonyl (C=O) groups is 1. The molecule has 3 aromatic rings. The lowest BCUT2D eigenvalue weighted by atomic mass is 10.2. The molecule has 2 aromatic heterocycles. The number of nitrogens with one attached hydrogen (secondary N) is 2. The zero-order chi connectivity index (χ0) is 19.4. The predicted molar refractivity (Wildman–Crippen MR) is 93.9 cm³/mol. The minimum absolute atomic E-state index is 0.0704. The first kappa shape index (κ1) is 18.7. The van der Waals surface area contributed by atoms with Crippen LogP contribution in [-0.2, 0) is 4.84 Å². The molecule has 0 aliphatic carbocycles. The number of hydrogen-bond acceptors (Lipinski definition) is 7. The van der Waals surface area contributed by atoms with Gasteiger partial charge in [0.15, 0.2) is 5.69 Å². The number of hydroxylamine groups is 1. The molecule has 0 spiro atoms. The van der Waals surface area contributed by atoms with Crippen molar-refractivity contribution in [1.82, 2.24) is 19.8 Å². The average Bonchev–Trinajstić information content (AvgIpc) is 3.12. The fourth-order valence-corrected chi connectivity index (χ4v) is 2.33. The van der Waals surface area contributed by atoms with E-state index in [0.717, 1.165) is 5.56 Å². The van der Waals surface area contributed by atoms with Crippen LogP contribution in [0.3, 0.4) is 0 Å². The molecule has 2 heterocycles. The van der Waals surface area contributed by atoms with Crippen LogP contribution in [0.5, 0.6) is 0 Å². The van der Waals surface area contributed by atoms with Crippen LogP contribution in [-0.4, -0.2) is 49.8 Å². The monoisotopic (exact) mass is 375 g/mol. The molecule has 0 radical (unpaired) electrons. The average molecular weight is 375 g/mol. The summed E-state index contributed by atoms with van der Waals surface area (Å²) >= 11 is 0. The zero-order valence-corrected chi connectivity index (χ0v) is 14.4. The third-order valence-corrected chi connectivity index (χ3v) is 3.70. The topological polar surface area (TPSA) is 121 Å². The van der Waals surface area contributed by atoms with E-state index >= 15 is 0 Å².